The second-order valence-electron chi connectivity index (χ2n) is 5.86. The van der Waals surface area contributed by atoms with E-state index in [1.54, 1.807) is 12.1 Å². The van der Waals surface area contributed by atoms with Gasteiger partial charge in [-0.2, -0.15) is 13.2 Å². The van der Waals surface area contributed by atoms with Crippen LogP contribution in [0.3, 0.4) is 0 Å². The van der Waals surface area contributed by atoms with Gasteiger partial charge in [0.1, 0.15) is 23.7 Å². The summed E-state index contributed by atoms with van der Waals surface area (Å²) in [5, 5.41) is 13.9. The van der Waals surface area contributed by atoms with Gasteiger partial charge in [0.05, 0.1) is 0 Å². The van der Waals surface area contributed by atoms with E-state index in [0.717, 1.165) is 0 Å². The summed E-state index contributed by atoms with van der Waals surface area (Å²) in [7, 11) is 0. The molecule has 1 heterocycles. The number of hydrogen-bond donors (Lipinski definition) is 3. The molecule has 0 aliphatic rings. The van der Waals surface area contributed by atoms with E-state index in [-0.39, 0.29) is 11.6 Å². The van der Waals surface area contributed by atoms with E-state index < -0.39 is 24.2 Å². The van der Waals surface area contributed by atoms with Crippen molar-refractivity contribution in [3.8, 4) is 17.1 Å². The monoisotopic (exact) mass is 354 g/mol. The van der Waals surface area contributed by atoms with Crippen LogP contribution in [0.1, 0.15) is 13.8 Å². The van der Waals surface area contributed by atoms with Crippen molar-refractivity contribution in [2.45, 2.75) is 25.6 Å². The van der Waals surface area contributed by atoms with Crippen molar-refractivity contribution < 1.29 is 23.1 Å². The van der Waals surface area contributed by atoms with Crippen LogP contribution in [0.2, 0.25) is 0 Å². The second kappa shape index (κ2) is 6.96. The Morgan fingerprint density at radius 1 is 1.16 bits per heavy atom. The van der Waals surface area contributed by atoms with Crippen LogP contribution in [0.25, 0.3) is 11.4 Å². The molecule has 1 amide bonds. The number of aromatic hydroxyl groups is 1. The Kier molecular flexibility index (Phi) is 5.15. The number of phenolic OH excluding ortho intramolecular Hbond substituents is 1. The standard InChI is InChI=1S/C16H17F3N4O2/c1-15(2,14(25)21-9-16(17,18)19)23-12-7-8-20-13(22-12)10-3-5-11(24)6-4-10/h3-8,24H,9H2,1-2H3,(H,21,25)(H,20,22,23). The maximum Gasteiger partial charge on any atom is 0.405 e. The number of carbonyl (C=O) groups is 1. The van der Waals surface area contributed by atoms with Gasteiger partial charge < -0.3 is 15.7 Å². The van der Waals surface area contributed by atoms with Gasteiger partial charge in [-0.25, -0.2) is 9.97 Å². The van der Waals surface area contributed by atoms with Gasteiger partial charge in [0, 0.05) is 11.8 Å². The smallest absolute Gasteiger partial charge is 0.405 e. The highest BCUT2D eigenvalue weighted by molar-refractivity contribution is 5.88. The first kappa shape index (κ1) is 18.5. The Balaban J connectivity index is 2.12. The van der Waals surface area contributed by atoms with Crippen LogP contribution in [-0.4, -0.2) is 39.2 Å². The van der Waals surface area contributed by atoms with E-state index in [4.69, 9.17) is 0 Å². The van der Waals surface area contributed by atoms with Crippen molar-refractivity contribution in [1.82, 2.24) is 15.3 Å². The summed E-state index contributed by atoms with van der Waals surface area (Å²) < 4.78 is 36.7. The summed E-state index contributed by atoms with van der Waals surface area (Å²) >= 11 is 0. The molecule has 0 radical (unpaired) electrons. The number of nitrogens with zero attached hydrogens (tertiary/aromatic N) is 2. The topological polar surface area (TPSA) is 87.1 Å². The van der Waals surface area contributed by atoms with E-state index in [1.807, 2.05) is 5.32 Å². The van der Waals surface area contributed by atoms with Gasteiger partial charge in [-0.1, -0.05) is 0 Å². The van der Waals surface area contributed by atoms with Crippen LogP contribution in [0, 0.1) is 0 Å². The first-order valence-corrected chi connectivity index (χ1v) is 7.32. The molecule has 1 aromatic carbocycles. The van der Waals surface area contributed by atoms with Gasteiger partial charge in [-0.3, -0.25) is 4.79 Å². The molecule has 1 aromatic heterocycles. The molecule has 25 heavy (non-hydrogen) atoms. The highest BCUT2D eigenvalue weighted by atomic mass is 19.4. The average Bonchev–Trinajstić information content (AvgIpc) is 2.52. The summed E-state index contributed by atoms with van der Waals surface area (Å²) in [6.07, 6.45) is -3.02. The third-order valence-corrected chi connectivity index (χ3v) is 3.24. The van der Waals surface area contributed by atoms with E-state index >= 15 is 0 Å². The number of rotatable bonds is 5. The van der Waals surface area contributed by atoms with Gasteiger partial charge in [-0.05, 0) is 44.2 Å². The minimum absolute atomic E-state index is 0.0977. The number of carbonyl (C=O) groups excluding carboxylic acids is 1. The number of phenols is 1. The number of alkyl halides is 3. The highest BCUT2D eigenvalue weighted by Gasteiger charge is 2.33. The Morgan fingerprint density at radius 3 is 2.40 bits per heavy atom. The molecule has 0 fully saturated rings. The molecule has 9 heteroatoms. The summed E-state index contributed by atoms with van der Waals surface area (Å²) in [4.78, 5) is 20.3. The van der Waals surface area contributed by atoms with Crippen LogP contribution in [0.15, 0.2) is 36.5 Å². The molecular formula is C16H17F3N4O2. The lowest BCUT2D eigenvalue weighted by Crippen LogP contribution is -2.50. The zero-order valence-electron chi connectivity index (χ0n) is 13.6. The maximum absolute atomic E-state index is 12.2. The maximum atomic E-state index is 12.2. The molecule has 0 aliphatic carbocycles. The quantitative estimate of drug-likeness (QED) is 0.769. The fraction of sp³-hybridized carbons (Fsp3) is 0.312. The average molecular weight is 354 g/mol. The summed E-state index contributed by atoms with van der Waals surface area (Å²) in [5.41, 5.74) is -0.674. The highest BCUT2D eigenvalue weighted by Crippen LogP contribution is 2.21. The second-order valence-corrected chi connectivity index (χ2v) is 5.86. The molecule has 0 saturated carbocycles. The Morgan fingerprint density at radius 2 is 1.80 bits per heavy atom. The Labute approximate surface area is 142 Å². The van der Waals surface area contributed by atoms with Crippen LogP contribution in [0.4, 0.5) is 19.0 Å². The van der Waals surface area contributed by atoms with E-state index in [1.165, 1.54) is 38.2 Å². The Hall–Kier alpha value is -2.84. The first-order valence-electron chi connectivity index (χ1n) is 7.32. The summed E-state index contributed by atoms with van der Waals surface area (Å²) in [6.45, 7) is 1.49. The van der Waals surface area contributed by atoms with Crippen LogP contribution < -0.4 is 10.6 Å². The van der Waals surface area contributed by atoms with E-state index in [0.29, 0.717) is 11.4 Å². The number of benzene rings is 1. The summed E-state index contributed by atoms with van der Waals surface area (Å²) in [5.74, 6) is -0.0862. The minimum atomic E-state index is -4.48. The lowest BCUT2D eigenvalue weighted by molar-refractivity contribution is -0.140. The predicted octanol–water partition coefficient (Wildman–Crippen LogP) is 2.72. The molecule has 0 aliphatic heterocycles. The van der Waals surface area contributed by atoms with Gasteiger partial charge >= 0.3 is 6.18 Å². The number of hydrogen-bond acceptors (Lipinski definition) is 5. The number of nitrogens with one attached hydrogen (secondary N) is 2. The lowest BCUT2D eigenvalue weighted by atomic mass is 10.0. The van der Waals surface area contributed by atoms with E-state index in [2.05, 4.69) is 15.3 Å². The molecule has 2 aromatic rings. The number of anilines is 1. The third kappa shape index (κ3) is 5.33. The van der Waals surface area contributed by atoms with Gasteiger partial charge in [0.15, 0.2) is 5.82 Å². The van der Waals surface area contributed by atoms with Crippen molar-refractivity contribution in [1.29, 1.82) is 0 Å². The fourth-order valence-corrected chi connectivity index (χ4v) is 1.96. The lowest BCUT2D eigenvalue weighted by Gasteiger charge is -2.26. The normalized spacial score (nSPS) is 11.9. The molecule has 3 N–H and O–H groups in total. The molecule has 134 valence electrons. The molecule has 0 unspecified atom stereocenters. The number of aromatic nitrogens is 2. The van der Waals surface area contributed by atoms with Crippen LogP contribution in [-0.2, 0) is 4.79 Å². The molecule has 0 saturated heterocycles. The molecular weight excluding hydrogens is 337 g/mol. The third-order valence-electron chi connectivity index (χ3n) is 3.24. The molecule has 0 bridgehead atoms. The van der Waals surface area contributed by atoms with Crippen molar-refractivity contribution >= 4 is 11.7 Å². The number of amides is 1. The number of halogens is 3. The molecule has 2 rings (SSSR count). The Bertz CT molecular complexity index is 746. The molecule has 6 nitrogen and oxygen atoms in total. The van der Waals surface area contributed by atoms with Crippen LogP contribution in [0.5, 0.6) is 5.75 Å². The van der Waals surface area contributed by atoms with E-state index in [9.17, 15) is 23.1 Å². The van der Waals surface area contributed by atoms with Gasteiger partial charge in [-0.15, -0.1) is 0 Å². The molecule has 0 spiro atoms. The SMILES string of the molecule is CC(C)(Nc1ccnc(-c2ccc(O)cc2)n1)C(=O)NCC(F)(F)F. The van der Waals surface area contributed by atoms with Gasteiger partial charge in [0.25, 0.3) is 0 Å². The fourth-order valence-electron chi connectivity index (χ4n) is 1.96. The van der Waals surface area contributed by atoms with Crippen molar-refractivity contribution in [3.63, 3.8) is 0 Å². The largest absolute Gasteiger partial charge is 0.508 e. The van der Waals surface area contributed by atoms with Crippen molar-refractivity contribution in [2.75, 3.05) is 11.9 Å². The van der Waals surface area contributed by atoms with Gasteiger partial charge in [0.2, 0.25) is 5.91 Å². The summed E-state index contributed by atoms with van der Waals surface area (Å²) in [6, 6.07) is 7.70. The minimum Gasteiger partial charge on any atom is -0.508 e. The van der Waals surface area contributed by atoms with Crippen molar-refractivity contribution in [2.24, 2.45) is 0 Å². The van der Waals surface area contributed by atoms with Crippen LogP contribution >= 0.6 is 0 Å². The first-order chi connectivity index (χ1) is 11.6. The van der Waals surface area contributed by atoms with Crippen molar-refractivity contribution in [3.05, 3.63) is 36.5 Å². The zero-order chi connectivity index (χ0) is 18.7. The predicted molar refractivity (Wildman–Crippen MR) is 85.9 cm³/mol. The zero-order valence-corrected chi connectivity index (χ0v) is 13.6. The molecule has 0 atom stereocenters.